The number of aliphatic carboxylic acids is 2. The SMILES string of the molecule is CCC(C)C(N)C(=O)NC(Cc1ccc(O)cc1)C(=O)NC(Cc1cnc[nH]1)C(=O)NC(CCC(=O)O)C(=O)O. The Bertz CT molecular complexity index is 1150. The second-order valence-electron chi connectivity index (χ2n) is 9.52. The molecular formula is C26H36N6O8. The van der Waals surface area contributed by atoms with Crippen molar-refractivity contribution in [2.75, 3.05) is 0 Å². The molecule has 0 saturated carbocycles. The minimum absolute atomic E-state index is 0.000160. The number of nitrogens with two attached hydrogens (primary N) is 1. The first-order valence-corrected chi connectivity index (χ1v) is 12.8. The first kappa shape index (κ1) is 31.8. The molecule has 3 amide bonds. The molecular weight excluding hydrogens is 524 g/mol. The largest absolute Gasteiger partial charge is 0.508 e. The van der Waals surface area contributed by atoms with Crippen molar-refractivity contribution in [2.24, 2.45) is 11.7 Å². The van der Waals surface area contributed by atoms with Gasteiger partial charge in [-0.2, -0.15) is 0 Å². The molecule has 0 aliphatic rings. The van der Waals surface area contributed by atoms with Crippen LogP contribution in [0, 0.1) is 5.92 Å². The highest BCUT2D eigenvalue weighted by Crippen LogP contribution is 2.13. The molecule has 0 aliphatic carbocycles. The van der Waals surface area contributed by atoms with Gasteiger partial charge in [-0.25, -0.2) is 9.78 Å². The molecule has 14 heteroatoms. The molecule has 40 heavy (non-hydrogen) atoms. The Morgan fingerprint density at radius 3 is 2.02 bits per heavy atom. The van der Waals surface area contributed by atoms with Gasteiger partial charge in [0.2, 0.25) is 17.7 Å². The number of carboxylic acids is 2. The summed E-state index contributed by atoms with van der Waals surface area (Å²) in [5, 5.41) is 35.4. The van der Waals surface area contributed by atoms with Crippen molar-refractivity contribution in [3.05, 3.63) is 48.0 Å². The molecule has 5 unspecified atom stereocenters. The second kappa shape index (κ2) is 15.2. The van der Waals surface area contributed by atoms with Crippen LogP contribution in [0.1, 0.15) is 44.4 Å². The maximum Gasteiger partial charge on any atom is 0.326 e. The van der Waals surface area contributed by atoms with Crippen molar-refractivity contribution < 1.29 is 39.3 Å². The zero-order valence-corrected chi connectivity index (χ0v) is 22.3. The van der Waals surface area contributed by atoms with E-state index in [1.54, 1.807) is 19.1 Å². The zero-order chi connectivity index (χ0) is 29.8. The van der Waals surface area contributed by atoms with Crippen molar-refractivity contribution in [3.8, 4) is 5.75 Å². The molecule has 0 bridgehead atoms. The van der Waals surface area contributed by atoms with Gasteiger partial charge in [-0.1, -0.05) is 32.4 Å². The van der Waals surface area contributed by atoms with E-state index < -0.39 is 60.2 Å². The minimum atomic E-state index is -1.51. The van der Waals surface area contributed by atoms with Crippen LogP contribution in [0.2, 0.25) is 0 Å². The van der Waals surface area contributed by atoms with Gasteiger partial charge < -0.3 is 42.0 Å². The number of hydrogen-bond acceptors (Lipinski definition) is 8. The van der Waals surface area contributed by atoms with Gasteiger partial charge in [-0.3, -0.25) is 19.2 Å². The van der Waals surface area contributed by atoms with E-state index in [-0.39, 0.29) is 30.9 Å². The van der Waals surface area contributed by atoms with Crippen LogP contribution in [0.5, 0.6) is 5.75 Å². The highest BCUT2D eigenvalue weighted by Gasteiger charge is 2.31. The number of nitrogens with zero attached hydrogens (tertiary/aromatic N) is 1. The first-order chi connectivity index (χ1) is 18.9. The molecule has 1 aromatic heterocycles. The maximum atomic E-state index is 13.5. The number of phenolic OH excluding ortho intramolecular Hbond substituents is 1. The molecule has 5 atom stereocenters. The molecule has 1 heterocycles. The lowest BCUT2D eigenvalue weighted by molar-refractivity contribution is -0.143. The number of aromatic nitrogens is 2. The molecule has 1 aromatic carbocycles. The van der Waals surface area contributed by atoms with Crippen LogP contribution in [0.3, 0.4) is 0 Å². The number of carboxylic acid groups (broad SMARTS) is 2. The first-order valence-electron chi connectivity index (χ1n) is 12.8. The van der Waals surface area contributed by atoms with Gasteiger partial charge in [-0.05, 0) is 30.0 Å². The number of carbonyl (C=O) groups is 5. The molecule has 0 aliphatic heterocycles. The highest BCUT2D eigenvalue weighted by molar-refractivity contribution is 5.94. The van der Waals surface area contributed by atoms with Crippen LogP contribution < -0.4 is 21.7 Å². The number of benzene rings is 1. The Morgan fingerprint density at radius 1 is 0.925 bits per heavy atom. The molecule has 0 saturated heterocycles. The Labute approximate surface area is 230 Å². The van der Waals surface area contributed by atoms with Gasteiger partial charge >= 0.3 is 11.9 Å². The molecule has 2 rings (SSSR count). The van der Waals surface area contributed by atoms with Gasteiger partial charge in [0.1, 0.15) is 23.9 Å². The number of nitrogens with one attached hydrogen (secondary N) is 4. The average Bonchev–Trinajstić information content (AvgIpc) is 3.43. The summed E-state index contributed by atoms with van der Waals surface area (Å²) in [4.78, 5) is 68.7. The fraction of sp³-hybridized carbons (Fsp3) is 0.462. The molecule has 218 valence electrons. The molecule has 14 nitrogen and oxygen atoms in total. The van der Waals surface area contributed by atoms with Crippen LogP contribution in [-0.4, -0.2) is 79.1 Å². The fourth-order valence-corrected chi connectivity index (χ4v) is 3.75. The summed E-state index contributed by atoms with van der Waals surface area (Å²) in [5.74, 6) is -5.00. The van der Waals surface area contributed by atoms with E-state index >= 15 is 0 Å². The Morgan fingerprint density at radius 2 is 1.50 bits per heavy atom. The van der Waals surface area contributed by atoms with Crippen LogP contribution in [0.4, 0.5) is 0 Å². The van der Waals surface area contributed by atoms with Gasteiger partial charge in [0.05, 0.1) is 12.4 Å². The fourth-order valence-electron chi connectivity index (χ4n) is 3.75. The lowest BCUT2D eigenvalue weighted by atomic mass is 9.98. The van der Waals surface area contributed by atoms with Crippen molar-refractivity contribution in [1.29, 1.82) is 0 Å². The monoisotopic (exact) mass is 560 g/mol. The number of amides is 3. The van der Waals surface area contributed by atoms with Gasteiger partial charge in [0.25, 0.3) is 0 Å². The third kappa shape index (κ3) is 10.0. The zero-order valence-electron chi connectivity index (χ0n) is 22.3. The number of hydrogen-bond donors (Lipinski definition) is 8. The summed E-state index contributed by atoms with van der Waals surface area (Å²) < 4.78 is 0. The number of aromatic amines is 1. The number of carbonyl (C=O) groups excluding carboxylic acids is 3. The predicted molar refractivity (Wildman–Crippen MR) is 142 cm³/mol. The third-order valence-electron chi connectivity index (χ3n) is 6.44. The van der Waals surface area contributed by atoms with E-state index in [1.807, 2.05) is 6.92 Å². The van der Waals surface area contributed by atoms with Crippen molar-refractivity contribution in [2.45, 2.75) is 70.1 Å². The van der Waals surface area contributed by atoms with Gasteiger partial charge in [-0.15, -0.1) is 0 Å². The van der Waals surface area contributed by atoms with Gasteiger partial charge in [0.15, 0.2) is 0 Å². The number of aromatic hydroxyl groups is 1. The molecule has 0 spiro atoms. The van der Waals surface area contributed by atoms with E-state index in [0.29, 0.717) is 17.7 Å². The molecule has 9 N–H and O–H groups in total. The quantitative estimate of drug-likeness (QED) is 0.133. The van der Waals surface area contributed by atoms with E-state index in [2.05, 4.69) is 25.9 Å². The molecule has 0 fully saturated rings. The van der Waals surface area contributed by atoms with E-state index in [0.717, 1.165) is 0 Å². The third-order valence-corrected chi connectivity index (χ3v) is 6.44. The molecule has 2 aromatic rings. The van der Waals surface area contributed by atoms with Crippen LogP contribution in [0.25, 0.3) is 0 Å². The van der Waals surface area contributed by atoms with Crippen LogP contribution >= 0.6 is 0 Å². The Balaban J connectivity index is 2.29. The predicted octanol–water partition coefficient (Wildman–Crippen LogP) is -0.322. The lowest BCUT2D eigenvalue weighted by Gasteiger charge is -2.26. The van der Waals surface area contributed by atoms with Crippen LogP contribution in [0.15, 0.2) is 36.8 Å². The number of phenols is 1. The average molecular weight is 561 g/mol. The van der Waals surface area contributed by atoms with Crippen molar-refractivity contribution >= 4 is 29.7 Å². The highest BCUT2D eigenvalue weighted by atomic mass is 16.4. The maximum absolute atomic E-state index is 13.5. The number of imidazole rings is 1. The van der Waals surface area contributed by atoms with Crippen molar-refractivity contribution in [1.82, 2.24) is 25.9 Å². The molecule has 0 radical (unpaired) electrons. The summed E-state index contributed by atoms with van der Waals surface area (Å²) in [6, 6.07) is 1.12. The lowest BCUT2D eigenvalue weighted by Crippen LogP contribution is -2.58. The standard InChI is InChI=1S/C26H36N6O8/c1-3-14(2)22(27)25(38)32-19(10-15-4-6-17(33)7-5-15)23(36)31-20(11-16-12-28-13-29-16)24(37)30-18(26(39)40)8-9-21(34)35/h4-7,12-14,18-20,22,33H,3,8-11,27H2,1-2H3,(H,28,29)(H,30,37)(H,31,36)(H,32,38)(H,34,35)(H,39,40). The van der Waals surface area contributed by atoms with E-state index in [1.165, 1.54) is 24.7 Å². The summed E-state index contributed by atoms with van der Waals surface area (Å²) in [6.07, 6.45) is 2.45. The number of H-pyrrole nitrogens is 1. The van der Waals surface area contributed by atoms with Crippen LogP contribution in [-0.2, 0) is 36.8 Å². The second-order valence-corrected chi connectivity index (χ2v) is 9.52. The van der Waals surface area contributed by atoms with E-state index in [4.69, 9.17) is 10.8 Å². The topological polar surface area (TPSA) is 237 Å². The van der Waals surface area contributed by atoms with Crippen molar-refractivity contribution in [3.63, 3.8) is 0 Å². The Hall–Kier alpha value is -4.46. The normalized spacial score (nSPS) is 14.7. The Kier molecular flexibility index (Phi) is 12.1. The smallest absolute Gasteiger partial charge is 0.326 e. The summed E-state index contributed by atoms with van der Waals surface area (Å²) in [5.41, 5.74) is 7.11. The minimum Gasteiger partial charge on any atom is -0.508 e. The summed E-state index contributed by atoms with van der Waals surface area (Å²) >= 11 is 0. The van der Waals surface area contributed by atoms with Gasteiger partial charge in [0, 0.05) is 31.2 Å². The summed E-state index contributed by atoms with van der Waals surface area (Å²) in [7, 11) is 0. The van der Waals surface area contributed by atoms with E-state index in [9.17, 15) is 34.2 Å². The number of rotatable bonds is 16. The summed E-state index contributed by atoms with van der Waals surface area (Å²) in [6.45, 7) is 3.67.